The van der Waals surface area contributed by atoms with Crippen LogP contribution in [-0.2, 0) is 42.8 Å². The number of benzene rings is 3. The molecule has 1 amide bonds. The highest BCUT2D eigenvalue weighted by Crippen LogP contribution is 2.64. The first-order chi connectivity index (χ1) is 29.8. The molecule has 4 N–H and O–H groups in total. The zero-order chi connectivity index (χ0) is 45.6. The van der Waals surface area contributed by atoms with Crippen LogP contribution in [0.2, 0.25) is 0 Å². The molecule has 63 heavy (non-hydrogen) atoms. The molecule has 2 saturated carbocycles. The lowest BCUT2D eigenvalue weighted by Crippen LogP contribution is -2.82. The molecule has 334 valence electrons. The minimum atomic E-state index is -2.43. The van der Waals surface area contributed by atoms with Crippen LogP contribution in [0.5, 0.6) is 0 Å². The maximum atomic E-state index is 15.5. The highest BCUT2D eigenvalue weighted by molar-refractivity contribution is 5.96. The highest BCUT2D eigenvalue weighted by atomic mass is 16.7. The van der Waals surface area contributed by atoms with Gasteiger partial charge < -0.3 is 49.1 Å². The summed E-state index contributed by atoms with van der Waals surface area (Å²) in [5.74, 6) is -6.13. The smallest absolute Gasteiger partial charge is 0.456 e. The standard InChI is InChI=1S/C47H51NO15/c1-25-30(60-42(55)35(51)34(27-16-10-7-11-17-27)48-40(53)28-18-12-8-13-19-28)23-47(57)39(62-41(54)29-20-14-9-15-21-29)37-45(5,31(50)22-32-46(37,24-59-32)63-26(2)49)38(52)36(61-43(56)58-6)33(25)44(47,3)4/h7-21,30-32,34-37,39,50-51,57H,22-24H2,1-6H3,(H,48,53)/t30-,31-,32+,34-,35+,36+,37?,39-,45+,46-,47+/m0/s1. The van der Waals surface area contributed by atoms with E-state index in [1.807, 2.05) is 0 Å². The van der Waals surface area contributed by atoms with Crippen molar-refractivity contribution in [2.45, 2.75) is 101 Å². The number of amides is 1. The Morgan fingerprint density at radius 2 is 1.44 bits per heavy atom. The normalized spacial score (nSPS) is 31.5. The van der Waals surface area contributed by atoms with Gasteiger partial charge in [0.05, 0.1) is 42.8 Å². The Bertz CT molecular complexity index is 2300. The molecule has 11 atom stereocenters. The summed E-state index contributed by atoms with van der Waals surface area (Å²) in [4.78, 5) is 83.7. The quantitative estimate of drug-likeness (QED) is 0.128. The van der Waals surface area contributed by atoms with Gasteiger partial charge in [0.15, 0.2) is 23.6 Å². The zero-order valence-electron chi connectivity index (χ0n) is 35.6. The van der Waals surface area contributed by atoms with Crippen molar-refractivity contribution in [3.63, 3.8) is 0 Å². The van der Waals surface area contributed by atoms with E-state index < -0.39 is 113 Å². The molecule has 16 nitrogen and oxygen atoms in total. The fourth-order valence-electron chi connectivity index (χ4n) is 10.2. The first-order valence-electron chi connectivity index (χ1n) is 20.6. The number of rotatable bonds is 10. The van der Waals surface area contributed by atoms with Crippen molar-refractivity contribution in [3.05, 3.63) is 119 Å². The van der Waals surface area contributed by atoms with E-state index in [0.29, 0.717) is 5.56 Å². The van der Waals surface area contributed by atoms with Gasteiger partial charge in [0.2, 0.25) is 0 Å². The Labute approximate surface area is 363 Å². The van der Waals surface area contributed by atoms with E-state index >= 15 is 4.79 Å². The summed E-state index contributed by atoms with van der Waals surface area (Å²) in [7, 11) is 1.02. The van der Waals surface area contributed by atoms with Crippen LogP contribution in [0.25, 0.3) is 0 Å². The third-order valence-corrected chi connectivity index (χ3v) is 13.6. The lowest BCUT2D eigenvalue weighted by molar-refractivity contribution is -0.346. The Hall–Kier alpha value is -5.94. The molecule has 4 aliphatic rings. The number of nitrogens with one attached hydrogen (secondary N) is 1. The fraction of sp³-hybridized carbons (Fsp3) is 0.447. The van der Waals surface area contributed by atoms with Gasteiger partial charge in [-0.05, 0) is 54.8 Å². The molecule has 2 bridgehead atoms. The molecule has 1 aliphatic heterocycles. The number of aliphatic hydroxyl groups is 3. The molecular formula is C47H51NO15. The van der Waals surface area contributed by atoms with Gasteiger partial charge in [0.1, 0.15) is 23.9 Å². The van der Waals surface area contributed by atoms with E-state index in [2.05, 4.69) is 5.32 Å². The average molecular weight is 870 g/mol. The molecular weight excluding hydrogens is 819 g/mol. The molecule has 0 aromatic heterocycles. The van der Waals surface area contributed by atoms with Gasteiger partial charge >= 0.3 is 24.1 Å². The van der Waals surface area contributed by atoms with E-state index in [4.69, 9.17) is 28.4 Å². The van der Waals surface area contributed by atoms with Gasteiger partial charge in [-0.25, -0.2) is 14.4 Å². The lowest BCUT2D eigenvalue weighted by Gasteiger charge is -2.67. The summed E-state index contributed by atoms with van der Waals surface area (Å²) < 4.78 is 35.0. The number of ketones is 1. The molecule has 1 saturated heterocycles. The van der Waals surface area contributed by atoms with Crippen molar-refractivity contribution in [3.8, 4) is 0 Å². The van der Waals surface area contributed by atoms with Crippen LogP contribution in [-0.4, -0.2) is 113 Å². The molecule has 3 aromatic rings. The number of carbonyl (C=O) groups excluding carboxylic acids is 6. The molecule has 7 rings (SSSR count). The summed E-state index contributed by atoms with van der Waals surface area (Å²) in [6, 6.07) is 22.8. The SMILES string of the molecule is COC(=O)O[C@H]1C(=O)[C@@]2(C)C([C@H](OC(=O)c3ccccc3)[C@]3(O)C[C@H](OC(=O)[C@H](O)[C@@H](NC(=O)c4ccccc4)c4ccccc4)C(C)=C1C3(C)C)[C@]1(OC(C)=O)CO[C@@H]1C[C@@H]2O. The summed E-state index contributed by atoms with van der Waals surface area (Å²) in [5, 5.41) is 40.3. The number of aliphatic hydroxyl groups excluding tert-OH is 2. The number of fused-ring (bicyclic) bond motifs is 5. The molecule has 0 spiro atoms. The number of hydrogen-bond donors (Lipinski definition) is 4. The van der Waals surface area contributed by atoms with Crippen LogP contribution < -0.4 is 5.32 Å². The molecule has 16 heteroatoms. The topological polar surface area (TPSA) is 231 Å². The maximum absolute atomic E-state index is 15.5. The van der Waals surface area contributed by atoms with E-state index in [1.54, 1.807) is 78.9 Å². The summed E-state index contributed by atoms with van der Waals surface area (Å²) >= 11 is 0. The van der Waals surface area contributed by atoms with Crippen LogP contribution in [0.3, 0.4) is 0 Å². The van der Waals surface area contributed by atoms with Crippen molar-refractivity contribution in [1.29, 1.82) is 0 Å². The first kappa shape index (κ1) is 45.1. The number of esters is 3. The second-order valence-corrected chi connectivity index (χ2v) is 17.3. The van der Waals surface area contributed by atoms with E-state index in [0.717, 1.165) is 14.0 Å². The monoisotopic (exact) mass is 869 g/mol. The van der Waals surface area contributed by atoms with Crippen LogP contribution in [0, 0.1) is 16.7 Å². The Morgan fingerprint density at radius 3 is 2.00 bits per heavy atom. The highest BCUT2D eigenvalue weighted by Gasteiger charge is 2.78. The summed E-state index contributed by atoms with van der Waals surface area (Å²) in [6.45, 7) is 6.73. The molecule has 1 heterocycles. The van der Waals surface area contributed by atoms with Crippen LogP contribution >= 0.6 is 0 Å². The summed E-state index contributed by atoms with van der Waals surface area (Å²) in [5.41, 5.74) is -7.36. The number of Topliss-reactive ketones (excluding diaryl/α,β-unsaturated/α-hetero) is 1. The van der Waals surface area contributed by atoms with Crippen molar-refractivity contribution in [2.75, 3.05) is 13.7 Å². The molecule has 1 unspecified atom stereocenters. The lowest BCUT2D eigenvalue weighted by atomic mass is 9.44. The van der Waals surface area contributed by atoms with Gasteiger partial charge in [-0.3, -0.25) is 14.4 Å². The largest absolute Gasteiger partial charge is 0.509 e. The van der Waals surface area contributed by atoms with Crippen LogP contribution in [0.1, 0.15) is 79.8 Å². The third kappa shape index (κ3) is 7.58. The van der Waals surface area contributed by atoms with Gasteiger partial charge in [0, 0.05) is 30.7 Å². The van der Waals surface area contributed by atoms with Crippen molar-refractivity contribution >= 4 is 35.8 Å². The Balaban J connectivity index is 1.40. The van der Waals surface area contributed by atoms with Crippen LogP contribution in [0.15, 0.2) is 102 Å². The first-order valence-corrected chi connectivity index (χ1v) is 20.6. The number of methoxy groups -OCH3 is 1. The predicted octanol–water partition coefficient (Wildman–Crippen LogP) is 3.96. The van der Waals surface area contributed by atoms with E-state index in [9.17, 15) is 39.3 Å². The summed E-state index contributed by atoms with van der Waals surface area (Å²) in [6.07, 6.45) is -12.2. The van der Waals surface area contributed by atoms with Gasteiger partial charge in [0.25, 0.3) is 5.91 Å². The Kier molecular flexibility index (Phi) is 12.2. The van der Waals surface area contributed by atoms with Crippen molar-refractivity contribution in [2.24, 2.45) is 16.7 Å². The van der Waals surface area contributed by atoms with Crippen molar-refractivity contribution in [1.82, 2.24) is 5.32 Å². The van der Waals surface area contributed by atoms with Crippen LogP contribution in [0.4, 0.5) is 4.79 Å². The Morgan fingerprint density at radius 1 is 0.857 bits per heavy atom. The molecule has 0 radical (unpaired) electrons. The van der Waals surface area contributed by atoms with E-state index in [-0.39, 0.29) is 35.3 Å². The predicted molar refractivity (Wildman–Crippen MR) is 219 cm³/mol. The third-order valence-electron chi connectivity index (χ3n) is 13.6. The number of ether oxygens (including phenoxy) is 6. The van der Waals surface area contributed by atoms with Crippen molar-refractivity contribution < 1.29 is 72.5 Å². The number of hydrogen-bond acceptors (Lipinski definition) is 15. The molecule has 3 aliphatic carbocycles. The second kappa shape index (κ2) is 17.0. The minimum absolute atomic E-state index is 0.0542. The van der Waals surface area contributed by atoms with Gasteiger partial charge in [-0.15, -0.1) is 0 Å². The molecule has 3 fully saturated rings. The second-order valence-electron chi connectivity index (χ2n) is 17.3. The fourth-order valence-corrected chi connectivity index (χ4v) is 10.2. The molecule has 3 aromatic carbocycles. The zero-order valence-corrected chi connectivity index (χ0v) is 35.6. The average Bonchev–Trinajstić information content (AvgIpc) is 3.26. The van der Waals surface area contributed by atoms with Gasteiger partial charge in [-0.1, -0.05) is 80.6 Å². The van der Waals surface area contributed by atoms with E-state index in [1.165, 1.54) is 39.8 Å². The number of carbonyl (C=O) groups is 6. The maximum Gasteiger partial charge on any atom is 0.509 e. The minimum Gasteiger partial charge on any atom is -0.456 e. The van der Waals surface area contributed by atoms with Gasteiger partial charge in [-0.2, -0.15) is 0 Å².